The number of benzene rings is 2. The zero-order valence-corrected chi connectivity index (χ0v) is 12.2. The first-order valence-corrected chi connectivity index (χ1v) is 6.83. The number of carbonyl (C=O) groups is 1. The van der Waals surface area contributed by atoms with Gasteiger partial charge in [0.2, 0.25) is 0 Å². The van der Waals surface area contributed by atoms with Gasteiger partial charge < -0.3 is 10.5 Å². The lowest BCUT2D eigenvalue weighted by Gasteiger charge is -2.15. The topological polar surface area (TPSA) is 76.1 Å². The van der Waals surface area contributed by atoms with Crippen molar-refractivity contribution in [3.05, 3.63) is 71.3 Å². The lowest BCUT2D eigenvalue weighted by molar-refractivity contribution is -0.114. The highest BCUT2D eigenvalue weighted by atomic mass is 16.5. The van der Waals surface area contributed by atoms with Crippen molar-refractivity contribution < 1.29 is 9.53 Å². The van der Waals surface area contributed by atoms with E-state index in [1.54, 1.807) is 30.3 Å². The van der Waals surface area contributed by atoms with Gasteiger partial charge >= 0.3 is 0 Å². The molecule has 0 aliphatic rings. The SMILES string of the molecule is CC(Oc1ccc(C=C(C#N)C(N)=O)cc1)c1ccccc1. The number of hydrogen-bond donors (Lipinski definition) is 1. The maximum absolute atomic E-state index is 11.0. The van der Waals surface area contributed by atoms with Gasteiger partial charge in [0.25, 0.3) is 5.91 Å². The van der Waals surface area contributed by atoms with Gasteiger partial charge in [-0.05, 0) is 36.3 Å². The Kier molecular flexibility index (Phi) is 4.94. The van der Waals surface area contributed by atoms with Crippen LogP contribution >= 0.6 is 0 Å². The van der Waals surface area contributed by atoms with Gasteiger partial charge in [-0.1, -0.05) is 42.5 Å². The van der Waals surface area contributed by atoms with E-state index >= 15 is 0 Å². The summed E-state index contributed by atoms with van der Waals surface area (Å²) in [6, 6.07) is 18.8. The second-order valence-electron chi connectivity index (χ2n) is 4.77. The molecule has 1 atom stereocenters. The molecule has 1 amide bonds. The molecule has 0 aliphatic carbocycles. The summed E-state index contributed by atoms with van der Waals surface area (Å²) >= 11 is 0. The minimum absolute atomic E-state index is 0.0668. The second kappa shape index (κ2) is 7.09. The average Bonchev–Trinajstić information content (AvgIpc) is 2.54. The maximum atomic E-state index is 11.0. The number of ether oxygens (including phenoxy) is 1. The Balaban J connectivity index is 2.10. The molecule has 110 valence electrons. The molecule has 0 saturated carbocycles. The van der Waals surface area contributed by atoms with Crippen molar-refractivity contribution in [1.82, 2.24) is 0 Å². The van der Waals surface area contributed by atoms with Gasteiger partial charge in [-0.3, -0.25) is 4.79 Å². The number of nitrogens with two attached hydrogens (primary N) is 1. The molecule has 22 heavy (non-hydrogen) atoms. The summed E-state index contributed by atoms with van der Waals surface area (Å²) < 4.78 is 5.86. The van der Waals surface area contributed by atoms with Crippen LogP contribution in [-0.4, -0.2) is 5.91 Å². The predicted octanol–water partition coefficient (Wildman–Crippen LogP) is 3.22. The van der Waals surface area contributed by atoms with E-state index in [-0.39, 0.29) is 11.7 Å². The molecular weight excluding hydrogens is 276 g/mol. The number of carbonyl (C=O) groups excluding carboxylic acids is 1. The lowest BCUT2D eigenvalue weighted by atomic mass is 10.1. The third-order valence-electron chi connectivity index (χ3n) is 3.16. The third-order valence-corrected chi connectivity index (χ3v) is 3.16. The van der Waals surface area contributed by atoms with Gasteiger partial charge in [0.05, 0.1) is 0 Å². The molecular formula is C18H16N2O2. The number of hydrogen-bond acceptors (Lipinski definition) is 3. The Morgan fingerprint density at radius 1 is 1.18 bits per heavy atom. The summed E-state index contributed by atoms with van der Waals surface area (Å²) in [5.74, 6) is -0.0217. The van der Waals surface area contributed by atoms with Crippen molar-refractivity contribution >= 4 is 12.0 Å². The molecule has 0 aromatic heterocycles. The van der Waals surface area contributed by atoms with Crippen molar-refractivity contribution in [3.63, 3.8) is 0 Å². The highest BCUT2D eigenvalue weighted by molar-refractivity contribution is 6.00. The van der Waals surface area contributed by atoms with Crippen LogP contribution < -0.4 is 10.5 Å². The minimum Gasteiger partial charge on any atom is -0.486 e. The Labute approximate surface area is 129 Å². The first kappa shape index (κ1) is 15.3. The molecule has 4 heteroatoms. The van der Waals surface area contributed by atoms with Crippen LogP contribution in [0.3, 0.4) is 0 Å². The number of nitrogens with zero attached hydrogens (tertiary/aromatic N) is 1. The quantitative estimate of drug-likeness (QED) is 0.679. The molecule has 1 unspecified atom stereocenters. The summed E-state index contributed by atoms with van der Waals surface area (Å²) in [6.07, 6.45) is 1.38. The second-order valence-corrected chi connectivity index (χ2v) is 4.77. The minimum atomic E-state index is -0.736. The van der Waals surface area contributed by atoms with E-state index in [9.17, 15) is 4.79 Å². The first-order chi connectivity index (χ1) is 10.6. The van der Waals surface area contributed by atoms with E-state index in [1.165, 1.54) is 6.08 Å². The fourth-order valence-electron chi connectivity index (χ4n) is 1.96. The molecule has 2 aromatic carbocycles. The number of primary amides is 1. The number of nitriles is 1. The zero-order chi connectivity index (χ0) is 15.9. The van der Waals surface area contributed by atoms with Gasteiger partial charge in [0.15, 0.2) is 0 Å². The average molecular weight is 292 g/mol. The highest BCUT2D eigenvalue weighted by Crippen LogP contribution is 2.22. The van der Waals surface area contributed by atoms with Crippen LogP contribution in [0.2, 0.25) is 0 Å². The van der Waals surface area contributed by atoms with Gasteiger partial charge in [0.1, 0.15) is 23.5 Å². The lowest BCUT2D eigenvalue weighted by Crippen LogP contribution is -2.12. The summed E-state index contributed by atoms with van der Waals surface area (Å²) in [6.45, 7) is 1.98. The largest absolute Gasteiger partial charge is 0.486 e. The monoisotopic (exact) mass is 292 g/mol. The van der Waals surface area contributed by atoms with Crippen LogP contribution in [0, 0.1) is 11.3 Å². The van der Waals surface area contributed by atoms with Crippen molar-refractivity contribution in [2.24, 2.45) is 5.73 Å². The first-order valence-electron chi connectivity index (χ1n) is 6.83. The molecule has 0 heterocycles. The van der Waals surface area contributed by atoms with Crippen molar-refractivity contribution in [2.45, 2.75) is 13.0 Å². The van der Waals surface area contributed by atoms with Gasteiger partial charge in [-0.15, -0.1) is 0 Å². The van der Waals surface area contributed by atoms with E-state index in [1.807, 2.05) is 37.3 Å². The Bertz CT molecular complexity index is 713. The van der Waals surface area contributed by atoms with Gasteiger partial charge in [-0.2, -0.15) is 5.26 Å². The Morgan fingerprint density at radius 3 is 2.36 bits per heavy atom. The summed E-state index contributed by atoms with van der Waals surface area (Å²) in [4.78, 5) is 11.0. The van der Waals surface area contributed by atoms with Crippen LogP contribution in [0.15, 0.2) is 60.2 Å². The van der Waals surface area contributed by atoms with Crippen LogP contribution in [-0.2, 0) is 4.79 Å². The molecule has 2 N–H and O–H groups in total. The van der Waals surface area contributed by atoms with Crippen LogP contribution in [0.5, 0.6) is 5.75 Å². The molecule has 0 spiro atoms. The molecule has 2 aromatic rings. The molecule has 0 bridgehead atoms. The summed E-state index contributed by atoms with van der Waals surface area (Å²) in [5, 5.41) is 8.81. The molecule has 2 rings (SSSR count). The van der Waals surface area contributed by atoms with Crippen LogP contribution in [0.4, 0.5) is 0 Å². The van der Waals surface area contributed by atoms with Crippen LogP contribution in [0.1, 0.15) is 24.2 Å². The molecule has 0 radical (unpaired) electrons. The standard InChI is InChI=1S/C18H16N2O2/c1-13(15-5-3-2-4-6-15)22-17-9-7-14(8-10-17)11-16(12-19)18(20)21/h2-11,13H,1H3,(H2,20,21). The fraction of sp³-hybridized carbons (Fsp3) is 0.111. The summed E-state index contributed by atoms with van der Waals surface area (Å²) in [7, 11) is 0. The molecule has 4 nitrogen and oxygen atoms in total. The van der Waals surface area contributed by atoms with E-state index in [2.05, 4.69) is 0 Å². The smallest absolute Gasteiger partial charge is 0.259 e. The molecule has 0 saturated heterocycles. The summed E-state index contributed by atoms with van der Waals surface area (Å²) in [5.41, 5.74) is 6.83. The Morgan fingerprint density at radius 2 is 1.82 bits per heavy atom. The van der Waals surface area contributed by atoms with Gasteiger partial charge in [-0.25, -0.2) is 0 Å². The van der Waals surface area contributed by atoms with Gasteiger partial charge in [0, 0.05) is 0 Å². The third kappa shape index (κ3) is 3.97. The van der Waals surface area contributed by atoms with E-state index in [0.29, 0.717) is 5.75 Å². The van der Waals surface area contributed by atoms with Crippen LogP contribution in [0.25, 0.3) is 6.08 Å². The number of rotatable bonds is 5. The van der Waals surface area contributed by atoms with E-state index < -0.39 is 5.91 Å². The maximum Gasteiger partial charge on any atom is 0.259 e. The van der Waals surface area contributed by atoms with Crippen molar-refractivity contribution in [3.8, 4) is 11.8 Å². The zero-order valence-electron chi connectivity index (χ0n) is 12.2. The van der Waals surface area contributed by atoms with E-state index in [0.717, 1.165) is 11.1 Å². The van der Waals surface area contributed by atoms with Crippen molar-refractivity contribution in [2.75, 3.05) is 0 Å². The van der Waals surface area contributed by atoms with E-state index in [4.69, 9.17) is 15.7 Å². The Hall–Kier alpha value is -3.06. The van der Waals surface area contributed by atoms with Crippen molar-refractivity contribution in [1.29, 1.82) is 5.26 Å². The highest BCUT2D eigenvalue weighted by Gasteiger charge is 2.07. The molecule has 0 fully saturated rings. The normalized spacial score (nSPS) is 12.3. The molecule has 0 aliphatic heterocycles. The predicted molar refractivity (Wildman–Crippen MR) is 84.7 cm³/mol. The fourth-order valence-corrected chi connectivity index (χ4v) is 1.96. The number of amides is 1.